The van der Waals surface area contributed by atoms with Gasteiger partial charge in [-0.25, -0.2) is 9.67 Å². The molecular formula is C21H22ClN5O3S. The molecule has 31 heavy (non-hydrogen) atoms. The van der Waals surface area contributed by atoms with Gasteiger partial charge in [-0.15, -0.1) is 16.4 Å². The Kier molecular flexibility index (Phi) is 6.62. The summed E-state index contributed by atoms with van der Waals surface area (Å²) >= 11 is 7.25. The molecule has 2 heterocycles. The number of thiazole rings is 1. The van der Waals surface area contributed by atoms with Gasteiger partial charge < -0.3 is 10.4 Å². The SMILES string of the molecule is O=C(Cc1cccc(-c2cn(Cc3csc(Cl)n3)nn2)c1)NC1CCC(C(=O)O)CC1. The third-order valence-corrected chi connectivity index (χ3v) is 6.44. The molecule has 1 fully saturated rings. The molecule has 4 rings (SSSR count). The van der Waals surface area contributed by atoms with Crippen LogP contribution in [0, 0.1) is 5.92 Å². The van der Waals surface area contributed by atoms with Gasteiger partial charge in [0.05, 0.1) is 30.8 Å². The van der Waals surface area contributed by atoms with E-state index in [9.17, 15) is 9.59 Å². The Balaban J connectivity index is 1.34. The molecule has 2 aromatic heterocycles. The number of hydrogen-bond donors (Lipinski definition) is 2. The first-order valence-electron chi connectivity index (χ1n) is 10.1. The fraction of sp³-hybridized carbons (Fsp3) is 0.381. The third-order valence-electron chi connectivity index (χ3n) is 5.42. The van der Waals surface area contributed by atoms with Gasteiger partial charge >= 0.3 is 5.97 Å². The molecule has 0 unspecified atom stereocenters. The summed E-state index contributed by atoms with van der Waals surface area (Å²) in [5, 5.41) is 22.4. The molecule has 1 aliphatic rings. The zero-order valence-electron chi connectivity index (χ0n) is 16.7. The molecule has 0 saturated heterocycles. The van der Waals surface area contributed by atoms with Gasteiger partial charge in [0.15, 0.2) is 4.47 Å². The maximum atomic E-state index is 12.5. The summed E-state index contributed by atoms with van der Waals surface area (Å²) < 4.78 is 2.20. The zero-order chi connectivity index (χ0) is 21.8. The molecule has 1 aromatic carbocycles. The highest BCUT2D eigenvalue weighted by Gasteiger charge is 2.26. The highest BCUT2D eigenvalue weighted by atomic mass is 35.5. The van der Waals surface area contributed by atoms with Gasteiger partial charge in [-0.1, -0.05) is 35.0 Å². The van der Waals surface area contributed by atoms with Gasteiger partial charge in [0.1, 0.15) is 5.69 Å². The van der Waals surface area contributed by atoms with Crippen LogP contribution in [0.1, 0.15) is 36.9 Å². The van der Waals surface area contributed by atoms with Crippen LogP contribution in [-0.4, -0.2) is 43.0 Å². The molecule has 8 nitrogen and oxygen atoms in total. The lowest BCUT2D eigenvalue weighted by molar-refractivity contribution is -0.142. The van der Waals surface area contributed by atoms with E-state index in [1.165, 1.54) is 11.3 Å². The van der Waals surface area contributed by atoms with Crippen molar-refractivity contribution in [2.45, 2.75) is 44.7 Å². The molecule has 0 radical (unpaired) electrons. The standard InChI is InChI=1S/C21H22ClN5O3S/c22-21-24-17(12-31-21)10-27-11-18(25-26-27)15-3-1-2-13(8-15)9-19(28)23-16-6-4-14(5-7-16)20(29)30/h1-3,8,11-12,14,16H,4-7,9-10H2,(H,23,28)(H,29,30). The number of carboxylic acids is 1. The summed E-state index contributed by atoms with van der Waals surface area (Å²) in [4.78, 5) is 27.8. The van der Waals surface area contributed by atoms with E-state index in [0.717, 1.165) is 22.5 Å². The van der Waals surface area contributed by atoms with Crippen LogP contribution in [0.4, 0.5) is 0 Å². The van der Waals surface area contributed by atoms with Gasteiger partial charge in [-0.05, 0) is 37.3 Å². The van der Waals surface area contributed by atoms with E-state index in [-0.39, 0.29) is 24.3 Å². The quantitative estimate of drug-likeness (QED) is 0.560. The number of rotatable bonds is 7. The number of aromatic nitrogens is 4. The number of carbonyl (C=O) groups is 2. The van der Waals surface area contributed by atoms with Crippen molar-refractivity contribution in [1.82, 2.24) is 25.3 Å². The van der Waals surface area contributed by atoms with Gasteiger partial charge in [0.2, 0.25) is 5.91 Å². The Morgan fingerprint density at radius 1 is 1.26 bits per heavy atom. The largest absolute Gasteiger partial charge is 0.481 e. The molecule has 1 aliphatic carbocycles. The van der Waals surface area contributed by atoms with Crippen molar-refractivity contribution in [2.75, 3.05) is 0 Å². The average molecular weight is 460 g/mol. The minimum absolute atomic E-state index is 0.0467. The van der Waals surface area contributed by atoms with Crippen molar-refractivity contribution < 1.29 is 14.7 Å². The topological polar surface area (TPSA) is 110 Å². The first-order valence-corrected chi connectivity index (χ1v) is 11.3. The Bertz CT molecular complexity index is 1070. The molecule has 2 N–H and O–H groups in total. The molecule has 0 aliphatic heterocycles. The lowest BCUT2D eigenvalue weighted by Gasteiger charge is -2.26. The Morgan fingerprint density at radius 2 is 2.06 bits per heavy atom. The number of nitrogens with zero attached hydrogens (tertiary/aromatic N) is 4. The predicted molar refractivity (Wildman–Crippen MR) is 117 cm³/mol. The van der Waals surface area contributed by atoms with Crippen molar-refractivity contribution >= 4 is 34.8 Å². The Hall–Kier alpha value is -2.78. The predicted octanol–water partition coefficient (Wildman–Crippen LogP) is 3.41. The van der Waals surface area contributed by atoms with Gasteiger partial charge in [-0.3, -0.25) is 9.59 Å². The van der Waals surface area contributed by atoms with Crippen LogP contribution in [0.15, 0.2) is 35.8 Å². The van der Waals surface area contributed by atoms with E-state index < -0.39 is 5.97 Å². The van der Waals surface area contributed by atoms with E-state index in [1.807, 2.05) is 35.8 Å². The van der Waals surface area contributed by atoms with Crippen LogP contribution < -0.4 is 5.32 Å². The highest BCUT2D eigenvalue weighted by molar-refractivity contribution is 7.13. The lowest BCUT2D eigenvalue weighted by atomic mass is 9.86. The van der Waals surface area contributed by atoms with Gasteiger partial charge in [0, 0.05) is 17.0 Å². The van der Waals surface area contributed by atoms with Crippen molar-refractivity contribution in [3.8, 4) is 11.3 Å². The fourth-order valence-electron chi connectivity index (χ4n) is 3.82. The summed E-state index contributed by atoms with van der Waals surface area (Å²) in [5.41, 5.74) is 3.31. The second kappa shape index (κ2) is 9.57. The highest BCUT2D eigenvalue weighted by Crippen LogP contribution is 2.25. The van der Waals surface area contributed by atoms with Crippen LogP contribution in [0.2, 0.25) is 4.47 Å². The molecule has 0 spiro atoms. The average Bonchev–Trinajstić information content (AvgIpc) is 3.38. The number of hydrogen-bond acceptors (Lipinski definition) is 6. The monoisotopic (exact) mass is 459 g/mol. The second-order valence-corrected chi connectivity index (χ2v) is 9.16. The zero-order valence-corrected chi connectivity index (χ0v) is 18.3. The molecular weight excluding hydrogens is 438 g/mol. The third kappa shape index (κ3) is 5.68. The number of amides is 1. The van der Waals surface area contributed by atoms with E-state index in [0.29, 0.717) is 36.7 Å². The molecule has 0 bridgehead atoms. The molecule has 3 aromatic rings. The van der Waals surface area contributed by atoms with E-state index in [4.69, 9.17) is 16.7 Å². The minimum Gasteiger partial charge on any atom is -0.481 e. The van der Waals surface area contributed by atoms with Crippen molar-refractivity contribution in [1.29, 1.82) is 0 Å². The lowest BCUT2D eigenvalue weighted by Crippen LogP contribution is -2.39. The summed E-state index contributed by atoms with van der Waals surface area (Å²) in [6.45, 7) is 0.489. The fourth-order valence-corrected chi connectivity index (χ4v) is 4.59. The van der Waals surface area contributed by atoms with E-state index in [1.54, 1.807) is 4.68 Å². The summed E-state index contributed by atoms with van der Waals surface area (Å²) in [6, 6.07) is 7.73. The molecule has 0 atom stereocenters. The molecule has 162 valence electrons. The van der Waals surface area contributed by atoms with Crippen LogP contribution in [0.3, 0.4) is 0 Å². The number of benzene rings is 1. The smallest absolute Gasteiger partial charge is 0.306 e. The number of carbonyl (C=O) groups excluding carboxylic acids is 1. The maximum Gasteiger partial charge on any atom is 0.306 e. The summed E-state index contributed by atoms with van der Waals surface area (Å²) in [7, 11) is 0. The molecule has 1 amide bonds. The van der Waals surface area contributed by atoms with Gasteiger partial charge in [-0.2, -0.15) is 0 Å². The number of nitrogens with one attached hydrogen (secondary N) is 1. The van der Waals surface area contributed by atoms with Crippen molar-refractivity contribution in [3.05, 3.63) is 51.6 Å². The van der Waals surface area contributed by atoms with Crippen LogP contribution in [0.25, 0.3) is 11.3 Å². The molecule has 1 saturated carbocycles. The molecule has 10 heteroatoms. The minimum atomic E-state index is -0.742. The summed E-state index contributed by atoms with van der Waals surface area (Å²) in [6.07, 6.45) is 4.73. The Labute approximate surface area is 188 Å². The van der Waals surface area contributed by atoms with Crippen molar-refractivity contribution in [2.24, 2.45) is 5.92 Å². The van der Waals surface area contributed by atoms with Crippen LogP contribution in [0.5, 0.6) is 0 Å². The first-order chi connectivity index (χ1) is 15.0. The number of halogens is 1. The van der Waals surface area contributed by atoms with Crippen LogP contribution in [-0.2, 0) is 22.6 Å². The van der Waals surface area contributed by atoms with E-state index in [2.05, 4.69) is 20.6 Å². The normalized spacial score (nSPS) is 18.6. The second-order valence-electron chi connectivity index (χ2n) is 7.72. The van der Waals surface area contributed by atoms with Crippen LogP contribution >= 0.6 is 22.9 Å². The number of aliphatic carboxylic acids is 1. The number of carboxylic acid groups (broad SMARTS) is 1. The summed E-state index contributed by atoms with van der Waals surface area (Å²) in [5.74, 6) is -1.08. The Morgan fingerprint density at radius 3 is 2.77 bits per heavy atom. The van der Waals surface area contributed by atoms with Gasteiger partial charge in [0.25, 0.3) is 0 Å². The first kappa shape index (κ1) is 21.5. The van der Waals surface area contributed by atoms with E-state index >= 15 is 0 Å². The van der Waals surface area contributed by atoms with Crippen molar-refractivity contribution in [3.63, 3.8) is 0 Å². The maximum absolute atomic E-state index is 12.5.